The molecule has 1 heterocycles. The van der Waals surface area contributed by atoms with E-state index in [1.54, 1.807) is 0 Å². The summed E-state index contributed by atoms with van der Waals surface area (Å²) in [6, 6.07) is 0. The van der Waals surface area contributed by atoms with Gasteiger partial charge in [0.15, 0.2) is 0 Å². The minimum absolute atomic E-state index is 0.127. The maximum absolute atomic E-state index is 5.38. The zero-order valence-electron chi connectivity index (χ0n) is 6.16. The molecule has 2 heteroatoms. The van der Waals surface area contributed by atoms with Crippen molar-refractivity contribution in [1.29, 1.82) is 0 Å². The molecule has 0 radical (unpaired) electrons. The van der Waals surface area contributed by atoms with Crippen LogP contribution in [0.5, 0.6) is 0 Å². The fourth-order valence-corrected chi connectivity index (χ4v) is 2.59. The summed E-state index contributed by atoms with van der Waals surface area (Å²) < 4.78 is 0. The van der Waals surface area contributed by atoms with Gasteiger partial charge in [-0.1, -0.05) is 12.2 Å². The van der Waals surface area contributed by atoms with E-state index in [1.807, 2.05) is 0 Å². The van der Waals surface area contributed by atoms with Crippen LogP contribution in [-0.2, 0) is 0 Å². The van der Waals surface area contributed by atoms with Gasteiger partial charge < -0.3 is 5.73 Å². The van der Waals surface area contributed by atoms with E-state index in [9.17, 15) is 0 Å². The Morgan fingerprint density at radius 2 is 1.80 bits per heavy atom. The number of rotatable bonds is 4. The fraction of sp³-hybridized carbons (Fsp3) is 0.500. The maximum atomic E-state index is 5.38. The van der Waals surface area contributed by atoms with Crippen LogP contribution in [-0.4, -0.2) is 12.3 Å². The Bertz CT molecular complexity index is 128. The number of thiol groups is 1. The van der Waals surface area contributed by atoms with Crippen LogP contribution < -0.4 is 5.73 Å². The minimum atomic E-state index is 0.127. The number of allylic oxidation sites excluding steroid dienone is 2. The van der Waals surface area contributed by atoms with E-state index >= 15 is 0 Å². The molecule has 1 aliphatic rings. The van der Waals surface area contributed by atoms with Crippen LogP contribution in [0.1, 0.15) is 12.8 Å². The molecule has 0 bridgehead atoms. The number of unbranched alkanes of at least 4 members (excludes halogenated alkanes) is 1. The SMILES string of the molecule is NCCCC[SH]1C=CC=C1. The van der Waals surface area contributed by atoms with Gasteiger partial charge in [-0.05, 0) is 36.0 Å². The van der Waals surface area contributed by atoms with Crippen LogP contribution in [0.3, 0.4) is 0 Å². The predicted molar refractivity (Wildman–Crippen MR) is 50.4 cm³/mol. The highest BCUT2D eigenvalue weighted by molar-refractivity contribution is 8.22. The second kappa shape index (κ2) is 4.58. The third kappa shape index (κ3) is 2.58. The van der Waals surface area contributed by atoms with Gasteiger partial charge in [0.2, 0.25) is 0 Å². The van der Waals surface area contributed by atoms with Crippen molar-refractivity contribution < 1.29 is 0 Å². The molecular weight excluding hydrogens is 142 g/mol. The average Bonchev–Trinajstić information content (AvgIpc) is 2.41. The Hall–Kier alpha value is -0.210. The van der Waals surface area contributed by atoms with E-state index in [2.05, 4.69) is 23.0 Å². The molecule has 0 fully saturated rings. The summed E-state index contributed by atoms with van der Waals surface area (Å²) in [7, 11) is 0.127. The van der Waals surface area contributed by atoms with Gasteiger partial charge in [0.25, 0.3) is 0 Å². The predicted octanol–water partition coefficient (Wildman–Crippen LogP) is 1.77. The van der Waals surface area contributed by atoms with E-state index in [0.717, 1.165) is 6.54 Å². The average molecular weight is 157 g/mol. The Morgan fingerprint density at radius 3 is 2.40 bits per heavy atom. The zero-order chi connectivity index (χ0) is 7.23. The lowest BCUT2D eigenvalue weighted by Crippen LogP contribution is -1.98. The maximum Gasteiger partial charge on any atom is -0.00770 e. The van der Waals surface area contributed by atoms with E-state index in [4.69, 9.17) is 5.73 Å². The Balaban J connectivity index is 2.03. The Morgan fingerprint density at radius 1 is 1.10 bits per heavy atom. The monoisotopic (exact) mass is 157 g/mol. The molecule has 0 unspecified atom stereocenters. The van der Waals surface area contributed by atoms with Crippen LogP contribution in [0.2, 0.25) is 0 Å². The Labute approximate surface area is 65.3 Å². The zero-order valence-corrected chi connectivity index (χ0v) is 7.06. The molecule has 1 nitrogen and oxygen atoms in total. The Kier molecular flexibility index (Phi) is 3.62. The molecule has 0 aliphatic carbocycles. The summed E-state index contributed by atoms with van der Waals surface area (Å²) in [5, 5.41) is 4.62. The quantitative estimate of drug-likeness (QED) is 0.472. The first kappa shape index (κ1) is 7.89. The van der Waals surface area contributed by atoms with Crippen molar-refractivity contribution in [1.82, 2.24) is 0 Å². The summed E-state index contributed by atoms with van der Waals surface area (Å²) in [5.74, 6) is 1.33. The van der Waals surface area contributed by atoms with Gasteiger partial charge >= 0.3 is 0 Å². The summed E-state index contributed by atoms with van der Waals surface area (Å²) in [4.78, 5) is 0. The number of hydrogen-bond donors (Lipinski definition) is 2. The molecule has 0 saturated heterocycles. The smallest absolute Gasteiger partial charge is 0.00770 e. The van der Waals surface area contributed by atoms with Gasteiger partial charge in [-0.15, -0.1) is 0 Å². The van der Waals surface area contributed by atoms with Crippen molar-refractivity contribution in [2.45, 2.75) is 12.8 Å². The lowest BCUT2D eigenvalue weighted by atomic mass is 10.3. The molecule has 0 aromatic carbocycles. The molecule has 0 amide bonds. The summed E-state index contributed by atoms with van der Waals surface area (Å²) in [6.07, 6.45) is 6.76. The van der Waals surface area contributed by atoms with Crippen LogP contribution >= 0.6 is 10.9 Å². The van der Waals surface area contributed by atoms with Gasteiger partial charge in [-0.3, -0.25) is 0 Å². The molecule has 0 spiro atoms. The van der Waals surface area contributed by atoms with E-state index < -0.39 is 0 Å². The highest BCUT2D eigenvalue weighted by Gasteiger charge is 1.96. The highest BCUT2D eigenvalue weighted by atomic mass is 32.2. The second-order valence-corrected chi connectivity index (χ2v) is 4.49. The molecule has 2 N–H and O–H groups in total. The minimum Gasteiger partial charge on any atom is -0.330 e. The van der Waals surface area contributed by atoms with Gasteiger partial charge in [-0.2, -0.15) is 0 Å². The summed E-state index contributed by atoms with van der Waals surface area (Å²) in [5.41, 5.74) is 5.38. The molecule has 0 atom stereocenters. The summed E-state index contributed by atoms with van der Waals surface area (Å²) in [6.45, 7) is 0.844. The second-order valence-electron chi connectivity index (χ2n) is 2.42. The van der Waals surface area contributed by atoms with E-state index in [1.165, 1.54) is 18.6 Å². The molecule has 1 rings (SSSR count). The van der Waals surface area contributed by atoms with Crippen molar-refractivity contribution in [2.75, 3.05) is 12.3 Å². The number of nitrogens with two attached hydrogens (primary N) is 1. The van der Waals surface area contributed by atoms with E-state index in [-0.39, 0.29) is 10.9 Å². The molecule has 1 aliphatic heterocycles. The lowest BCUT2D eigenvalue weighted by molar-refractivity contribution is 0.814. The normalized spacial score (nSPS) is 18.7. The number of hydrogen-bond acceptors (Lipinski definition) is 1. The molecule has 0 aromatic rings. The van der Waals surface area contributed by atoms with Crippen molar-refractivity contribution in [3.05, 3.63) is 23.0 Å². The standard InChI is InChI=1S/C8H15NS/c9-5-1-2-6-10-7-3-4-8-10/h3-4,7-8,10H,1-2,5-6,9H2. The van der Waals surface area contributed by atoms with Crippen LogP contribution in [0.15, 0.2) is 23.0 Å². The van der Waals surface area contributed by atoms with Gasteiger partial charge in [0.05, 0.1) is 0 Å². The molecule has 0 aromatic heterocycles. The van der Waals surface area contributed by atoms with Gasteiger partial charge in [-0.25, -0.2) is 10.9 Å². The largest absolute Gasteiger partial charge is 0.330 e. The van der Waals surface area contributed by atoms with Crippen LogP contribution in [0.25, 0.3) is 0 Å². The van der Waals surface area contributed by atoms with Gasteiger partial charge in [0, 0.05) is 0 Å². The highest BCUT2D eigenvalue weighted by Crippen LogP contribution is 2.33. The third-order valence-corrected chi connectivity index (χ3v) is 3.48. The molecular formula is C8H15NS. The first-order valence-corrected chi connectivity index (χ1v) is 5.41. The molecule has 10 heavy (non-hydrogen) atoms. The van der Waals surface area contributed by atoms with Crippen molar-refractivity contribution in [3.8, 4) is 0 Å². The van der Waals surface area contributed by atoms with Crippen molar-refractivity contribution in [3.63, 3.8) is 0 Å². The van der Waals surface area contributed by atoms with Crippen molar-refractivity contribution >= 4 is 10.9 Å². The molecule has 58 valence electrons. The first-order chi connectivity index (χ1) is 4.93. The lowest BCUT2D eigenvalue weighted by Gasteiger charge is -2.07. The third-order valence-electron chi connectivity index (χ3n) is 1.54. The molecule has 0 saturated carbocycles. The van der Waals surface area contributed by atoms with Crippen LogP contribution in [0, 0.1) is 0 Å². The topological polar surface area (TPSA) is 26.0 Å². The summed E-state index contributed by atoms with van der Waals surface area (Å²) >= 11 is 0. The van der Waals surface area contributed by atoms with E-state index in [0.29, 0.717) is 0 Å². The van der Waals surface area contributed by atoms with Gasteiger partial charge in [0.1, 0.15) is 0 Å². The fourth-order valence-electron chi connectivity index (χ4n) is 0.958. The first-order valence-electron chi connectivity index (χ1n) is 3.74. The van der Waals surface area contributed by atoms with Crippen molar-refractivity contribution in [2.24, 2.45) is 5.73 Å². The van der Waals surface area contributed by atoms with Crippen LogP contribution in [0.4, 0.5) is 0 Å².